The van der Waals surface area contributed by atoms with Crippen LogP contribution < -0.4 is 4.90 Å². The summed E-state index contributed by atoms with van der Waals surface area (Å²) in [6, 6.07) is 0. The number of alkyl halides is 3. The second-order valence-electron chi connectivity index (χ2n) is 6.51. The van der Waals surface area contributed by atoms with Gasteiger partial charge in [-0.2, -0.15) is 27.8 Å². The first-order valence-corrected chi connectivity index (χ1v) is 9.37. The van der Waals surface area contributed by atoms with Crippen LogP contribution in [-0.4, -0.2) is 55.6 Å². The Kier molecular flexibility index (Phi) is 4.50. The number of anilines is 1. The van der Waals surface area contributed by atoms with Crippen LogP contribution in [0.25, 0.3) is 5.78 Å². The van der Waals surface area contributed by atoms with Crippen LogP contribution in [0.4, 0.5) is 19.0 Å². The van der Waals surface area contributed by atoms with E-state index in [0.29, 0.717) is 17.3 Å². The topological polar surface area (TPSA) is 62.5 Å². The maximum absolute atomic E-state index is 12.7. The molecule has 0 bridgehead atoms. The summed E-state index contributed by atoms with van der Waals surface area (Å²) in [5.41, 5.74) is 1.16. The van der Waals surface area contributed by atoms with Gasteiger partial charge in [0, 0.05) is 42.8 Å². The van der Waals surface area contributed by atoms with E-state index in [1.54, 1.807) is 4.52 Å². The van der Waals surface area contributed by atoms with E-state index in [1.807, 2.05) is 13.8 Å². The van der Waals surface area contributed by atoms with Crippen LogP contribution in [0.1, 0.15) is 22.0 Å². The number of thiazole rings is 1. The summed E-state index contributed by atoms with van der Waals surface area (Å²) < 4.78 is 39.8. The first kappa shape index (κ1) is 18.1. The smallest absolute Gasteiger partial charge is 0.354 e. The van der Waals surface area contributed by atoms with Crippen molar-refractivity contribution in [2.75, 3.05) is 31.1 Å². The van der Waals surface area contributed by atoms with Gasteiger partial charge in [-0.05, 0) is 13.8 Å². The van der Waals surface area contributed by atoms with Crippen molar-refractivity contribution in [2.24, 2.45) is 0 Å². The van der Waals surface area contributed by atoms with Crippen molar-refractivity contribution in [2.45, 2.75) is 26.6 Å². The molecule has 4 rings (SSSR count). The Hall–Kier alpha value is -2.27. The van der Waals surface area contributed by atoms with Crippen molar-refractivity contribution in [1.82, 2.24) is 29.5 Å². The Morgan fingerprint density at radius 1 is 1.11 bits per heavy atom. The Morgan fingerprint density at radius 3 is 2.52 bits per heavy atom. The van der Waals surface area contributed by atoms with Gasteiger partial charge in [0.05, 0.1) is 6.54 Å². The predicted molar refractivity (Wildman–Crippen MR) is 94.9 cm³/mol. The van der Waals surface area contributed by atoms with E-state index in [0.717, 1.165) is 60.0 Å². The molecule has 0 amide bonds. The average Bonchev–Trinajstić information content (AvgIpc) is 3.26. The Morgan fingerprint density at radius 2 is 1.85 bits per heavy atom. The zero-order valence-electron chi connectivity index (χ0n) is 14.9. The number of halogens is 3. The minimum absolute atomic E-state index is 0.432. The molecule has 4 heterocycles. The lowest BCUT2D eigenvalue weighted by Crippen LogP contribution is -2.47. The molecule has 0 unspecified atom stereocenters. The van der Waals surface area contributed by atoms with Crippen molar-refractivity contribution in [3.05, 3.63) is 33.7 Å². The quantitative estimate of drug-likeness (QED) is 0.677. The maximum Gasteiger partial charge on any atom is 0.434 e. The SMILES string of the molecule is Cc1nc2ncnn2c(N2CCN(Cc3nc(C(F)(F)F)cs3)CC2)c1C. The summed E-state index contributed by atoms with van der Waals surface area (Å²) in [5.74, 6) is 1.54. The van der Waals surface area contributed by atoms with E-state index >= 15 is 0 Å². The van der Waals surface area contributed by atoms with Crippen LogP contribution in [0.15, 0.2) is 11.7 Å². The third-order valence-electron chi connectivity index (χ3n) is 4.75. The molecule has 0 N–H and O–H groups in total. The average molecular weight is 397 g/mol. The lowest BCUT2D eigenvalue weighted by molar-refractivity contribution is -0.140. The second kappa shape index (κ2) is 6.71. The molecular weight excluding hydrogens is 379 g/mol. The van der Waals surface area contributed by atoms with Crippen molar-refractivity contribution in [3.8, 4) is 0 Å². The molecule has 144 valence electrons. The third kappa shape index (κ3) is 3.48. The van der Waals surface area contributed by atoms with Crippen LogP contribution in [0.5, 0.6) is 0 Å². The van der Waals surface area contributed by atoms with Crippen LogP contribution in [-0.2, 0) is 12.7 Å². The highest BCUT2D eigenvalue weighted by Crippen LogP contribution is 2.30. The van der Waals surface area contributed by atoms with Gasteiger partial charge in [-0.1, -0.05) is 0 Å². The standard InChI is InChI=1S/C16H18F3N7S/c1-10-11(2)22-15-20-9-21-26(15)14(10)25-5-3-24(4-6-25)7-13-23-12(8-27-13)16(17,18)19/h8-9H,3-7H2,1-2H3. The molecule has 3 aromatic rings. The largest absolute Gasteiger partial charge is 0.434 e. The summed E-state index contributed by atoms with van der Waals surface area (Å²) in [5, 5.41) is 5.85. The number of rotatable bonds is 3. The Labute approximate surface area is 157 Å². The van der Waals surface area contributed by atoms with E-state index < -0.39 is 11.9 Å². The van der Waals surface area contributed by atoms with Crippen molar-refractivity contribution < 1.29 is 13.2 Å². The molecule has 3 aromatic heterocycles. The predicted octanol–water partition coefficient (Wildman–Crippen LogP) is 2.54. The van der Waals surface area contributed by atoms with E-state index in [-0.39, 0.29) is 0 Å². The molecule has 1 fully saturated rings. The zero-order valence-corrected chi connectivity index (χ0v) is 15.7. The van der Waals surface area contributed by atoms with Gasteiger partial charge in [0.15, 0.2) is 5.69 Å². The number of piperazine rings is 1. The minimum atomic E-state index is -4.38. The lowest BCUT2D eigenvalue weighted by Gasteiger charge is -2.36. The maximum atomic E-state index is 12.7. The number of hydrogen-bond donors (Lipinski definition) is 0. The summed E-state index contributed by atoms with van der Waals surface area (Å²) in [7, 11) is 0. The molecule has 1 saturated heterocycles. The number of aryl methyl sites for hydroxylation is 1. The highest BCUT2D eigenvalue weighted by Gasteiger charge is 2.34. The van der Waals surface area contributed by atoms with Crippen molar-refractivity contribution in [3.63, 3.8) is 0 Å². The first-order valence-electron chi connectivity index (χ1n) is 8.49. The fraction of sp³-hybridized carbons (Fsp3) is 0.500. The Bertz CT molecular complexity index is 957. The molecule has 0 spiro atoms. The van der Waals surface area contributed by atoms with Crippen molar-refractivity contribution in [1.29, 1.82) is 0 Å². The monoisotopic (exact) mass is 397 g/mol. The van der Waals surface area contributed by atoms with Crippen LogP contribution in [0.3, 0.4) is 0 Å². The second-order valence-corrected chi connectivity index (χ2v) is 7.45. The minimum Gasteiger partial charge on any atom is -0.354 e. The summed E-state index contributed by atoms with van der Waals surface area (Å²) >= 11 is 1.06. The molecule has 0 aromatic carbocycles. The fourth-order valence-corrected chi connectivity index (χ4v) is 4.05. The van der Waals surface area contributed by atoms with E-state index in [4.69, 9.17) is 0 Å². The van der Waals surface area contributed by atoms with Gasteiger partial charge in [0.1, 0.15) is 17.2 Å². The van der Waals surface area contributed by atoms with E-state index in [9.17, 15) is 13.2 Å². The van der Waals surface area contributed by atoms with Gasteiger partial charge in [0.2, 0.25) is 0 Å². The first-order chi connectivity index (χ1) is 12.8. The summed E-state index contributed by atoms with van der Waals surface area (Å²) in [4.78, 5) is 16.7. The lowest BCUT2D eigenvalue weighted by atomic mass is 10.2. The summed E-state index contributed by atoms with van der Waals surface area (Å²) in [6.07, 6.45) is -2.89. The highest BCUT2D eigenvalue weighted by molar-refractivity contribution is 7.09. The number of fused-ring (bicyclic) bond motifs is 1. The Balaban J connectivity index is 1.46. The fourth-order valence-electron chi connectivity index (χ4n) is 3.21. The van der Waals surface area contributed by atoms with E-state index in [1.165, 1.54) is 6.33 Å². The van der Waals surface area contributed by atoms with Gasteiger partial charge in [-0.25, -0.2) is 9.97 Å². The van der Waals surface area contributed by atoms with Crippen LogP contribution >= 0.6 is 11.3 Å². The van der Waals surface area contributed by atoms with Gasteiger partial charge in [-0.15, -0.1) is 11.3 Å². The van der Waals surface area contributed by atoms with Crippen molar-refractivity contribution >= 4 is 22.9 Å². The molecule has 11 heteroatoms. The van der Waals surface area contributed by atoms with Gasteiger partial charge >= 0.3 is 6.18 Å². The molecule has 0 radical (unpaired) electrons. The zero-order chi connectivity index (χ0) is 19.2. The van der Waals surface area contributed by atoms with Crippen LogP contribution in [0.2, 0.25) is 0 Å². The van der Waals surface area contributed by atoms with Gasteiger partial charge in [0.25, 0.3) is 5.78 Å². The molecule has 0 atom stereocenters. The molecule has 27 heavy (non-hydrogen) atoms. The van der Waals surface area contributed by atoms with Gasteiger partial charge in [-0.3, -0.25) is 4.90 Å². The number of hydrogen-bond acceptors (Lipinski definition) is 7. The molecular formula is C16H18F3N7S. The number of aromatic nitrogens is 5. The molecule has 1 aliphatic rings. The highest BCUT2D eigenvalue weighted by atomic mass is 32.1. The summed E-state index contributed by atoms with van der Waals surface area (Å²) in [6.45, 7) is 7.36. The normalized spacial score (nSPS) is 16.4. The molecule has 0 saturated carbocycles. The van der Waals surface area contributed by atoms with Crippen LogP contribution in [0, 0.1) is 13.8 Å². The number of nitrogens with zero attached hydrogens (tertiary/aromatic N) is 7. The van der Waals surface area contributed by atoms with Gasteiger partial charge < -0.3 is 4.90 Å². The van der Waals surface area contributed by atoms with E-state index in [2.05, 4.69) is 29.9 Å². The third-order valence-corrected chi connectivity index (χ3v) is 5.58. The molecule has 7 nitrogen and oxygen atoms in total. The molecule has 1 aliphatic heterocycles. The molecule has 0 aliphatic carbocycles.